The Labute approximate surface area is 214 Å². The topological polar surface area (TPSA) is 76.8 Å². The van der Waals surface area contributed by atoms with Gasteiger partial charge in [0.25, 0.3) is 0 Å². The predicted molar refractivity (Wildman–Crippen MR) is 141 cm³/mol. The van der Waals surface area contributed by atoms with Gasteiger partial charge in [0.05, 0.1) is 31.0 Å². The molecule has 1 saturated heterocycles. The van der Waals surface area contributed by atoms with Crippen LogP contribution in [0.2, 0.25) is 0 Å². The Kier molecular flexibility index (Phi) is 6.69. The number of thiocarbonyl (C=S) groups is 1. The van der Waals surface area contributed by atoms with Crippen molar-refractivity contribution < 1.29 is 18.7 Å². The summed E-state index contributed by atoms with van der Waals surface area (Å²) in [7, 11) is 1.36. The quantitative estimate of drug-likeness (QED) is 0.256. The fraction of sp³-hybridized carbons (Fsp3) is 0.179. The first kappa shape index (κ1) is 23.6. The maximum Gasteiger partial charge on any atom is 0.337 e. The van der Waals surface area contributed by atoms with Crippen molar-refractivity contribution in [2.24, 2.45) is 0 Å². The molecule has 3 heterocycles. The minimum Gasteiger partial charge on any atom is -0.494 e. The molecule has 0 aliphatic carbocycles. The van der Waals surface area contributed by atoms with E-state index in [0.29, 0.717) is 23.0 Å². The van der Waals surface area contributed by atoms with E-state index in [-0.39, 0.29) is 18.1 Å². The fourth-order valence-electron chi connectivity index (χ4n) is 4.35. The molecule has 2 unspecified atom stereocenters. The number of carbonyl (C=O) groups is 1. The molecule has 5 rings (SSSR count). The summed E-state index contributed by atoms with van der Waals surface area (Å²) in [5, 5.41) is 4.02. The maximum atomic E-state index is 11.8. The number of anilines is 1. The zero-order valence-corrected chi connectivity index (χ0v) is 20.7. The van der Waals surface area contributed by atoms with Gasteiger partial charge in [-0.05, 0) is 79.8 Å². The van der Waals surface area contributed by atoms with E-state index in [1.54, 1.807) is 18.3 Å². The zero-order chi connectivity index (χ0) is 25.1. The van der Waals surface area contributed by atoms with Crippen LogP contribution in [-0.2, 0) is 4.74 Å². The van der Waals surface area contributed by atoms with Gasteiger partial charge in [0.1, 0.15) is 23.3 Å². The number of benzene rings is 2. The van der Waals surface area contributed by atoms with Gasteiger partial charge in [-0.1, -0.05) is 18.2 Å². The van der Waals surface area contributed by atoms with Crippen molar-refractivity contribution >= 4 is 29.0 Å². The fourth-order valence-corrected chi connectivity index (χ4v) is 4.69. The van der Waals surface area contributed by atoms with Gasteiger partial charge in [0, 0.05) is 17.4 Å². The largest absolute Gasteiger partial charge is 0.494 e. The predicted octanol–water partition coefficient (Wildman–Crippen LogP) is 5.70. The van der Waals surface area contributed by atoms with Gasteiger partial charge in [-0.15, -0.1) is 0 Å². The minimum atomic E-state index is -0.378. The first-order valence-corrected chi connectivity index (χ1v) is 12.0. The van der Waals surface area contributed by atoms with Crippen molar-refractivity contribution in [3.63, 3.8) is 0 Å². The third-order valence-corrected chi connectivity index (χ3v) is 6.35. The molecule has 2 aromatic heterocycles. The SMILES string of the molecule is CCOc1ccc(N2C(=S)NC(c3ccccn3)C2c2ccc(-c3ccc(C(=O)OC)cc3)o2)cc1. The number of carbonyl (C=O) groups excluding carboxylic acids is 1. The first-order valence-electron chi connectivity index (χ1n) is 11.6. The minimum absolute atomic E-state index is 0.217. The van der Waals surface area contributed by atoms with Crippen LogP contribution in [0.5, 0.6) is 5.75 Å². The van der Waals surface area contributed by atoms with Crippen molar-refractivity contribution in [1.82, 2.24) is 10.3 Å². The molecule has 0 saturated carbocycles. The molecule has 0 spiro atoms. The smallest absolute Gasteiger partial charge is 0.337 e. The van der Waals surface area contributed by atoms with E-state index in [1.807, 2.05) is 78.6 Å². The summed E-state index contributed by atoms with van der Waals surface area (Å²) in [5.41, 5.74) is 3.11. The molecular formula is C28H25N3O4S. The number of nitrogens with one attached hydrogen (secondary N) is 1. The lowest BCUT2D eigenvalue weighted by Gasteiger charge is -2.26. The van der Waals surface area contributed by atoms with Crippen LogP contribution in [0.15, 0.2) is 89.5 Å². The Hall–Kier alpha value is -4.17. The van der Waals surface area contributed by atoms with Crippen molar-refractivity contribution in [1.29, 1.82) is 0 Å². The molecule has 7 nitrogen and oxygen atoms in total. The van der Waals surface area contributed by atoms with E-state index < -0.39 is 0 Å². The highest BCUT2D eigenvalue weighted by atomic mass is 32.1. The zero-order valence-electron chi connectivity index (χ0n) is 19.9. The number of furan rings is 1. The summed E-state index contributed by atoms with van der Waals surface area (Å²) in [5.74, 6) is 1.84. The third-order valence-electron chi connectivity index (χ3n) is 6.03. The van der Waals surface area contributed by atoms with Gasteiger partial charge in [0.2, 0.25) is 0 Å². The molecule has 0 radical (unpaired) electrons. The second-order valence-electron chi connectivity index (χ2n) is 8.19. The van der Waals surface area contributed by atoms with E-state index in [1.165, 1.54) is 7.11 Å². The summed E-state index contributed by atoms with van der Waals surface area (Å²) < 4.78 is 16.8. The number of ether oxygens (including phenoxy) is 2. The van der Waals surface area contributed by atoms with E-state index >= 15 is 0 Å². The van der Waals surface area contributed by atoms with Crippen LogP contribution in [-0.4, -0.2) is 29.8 Å². The van der Waals surface area contributed by atoms with Gasteiger partial charge in [-0.2, -0.15) is 0 Å². The van der Waals surface area contributed by atoms with Crippen LogP contribution in [0.4, 0.5) is 5.69 Å². The average Bonchev–Trinajstić information content (AvgIpc) is 3.54. The number of nitrogens with zero attached hydrogens (tertiary/aromatic N) is 2. The first-order chi connectivity index (χ1) is 17.6. The Bertz CT molecular complexity index is 1350. The molecule has 0 bridgehead atoms. The lowest BCUT2D eigenvalue weighted by molar-refractivity contribution is 0.0600. The maximum absolute atomic E-state index is 11.8. The van der Waals surface area contributed by atoms with Crippen LogP contribution in [0.1, 0.15) is 40.8 Å². The van der Waals surface area contributed by atoms with E-state index in [9.17, 15) is 4.79 Å². The Morgan fingerprint density at radius 2 is 1.83 bits per heavy atom. The van der Waals surface area contributed by atoms with Crippen LogP contribution < -0.4 is 15.0 Å². The summed E-state index contributed by atoms with van der Waals surface area (Å²) in [4.78, 5) is 18.4. The van der Waals surface area contributed by atoms with E-state index in [0.717, 1.165) is 28.5 Å². The van der Waals surface area contributed by atoms with Gasteiger partial charge in [0.15, 0.2) is 5.11 Å². The average molecular weight is 500 g/mol. The molecule has 1 aliphatic rings. The molecule has 0 amide bonds. The molecule has 182 valence electrons. The number of hydrogen-bond donors (Lipinski definition) is 1. The number of hydrogen-bond acceptors (Lipinski definition) is 6. The van der Waals surface area contributed by atoms with Crippen molar-refractivity contribution in [2.45, 2.75) is 19.0 Å². The van der Waals surface area contributed by atoms with E-state index in [4.69, 9.17) is 26.1 Å². The number of pyridine rings is 1. The van der Waals surface area contributed by atoms with Gasteiger partial charge < -0.3 is 24.1 Å². The Morgan fingerprint density at radius 3 is 2.50 bits per heavy atom. The molecule has 1 fully saturated rings. The lowest BCUT2D eigenvalue weighted by atomic mass is 10.0. The van der Waals surface area contributed by atoms with Gasteiger partial charge in [-0.3, -0.25) is 4.98 Å². The molecule has 1 aliphatic heterocycles. The second-order valence-corrected chi connectivity index (χ2v) is 8.58. The molecule has 2 atom stereocenters. The Morgan fingerprint density at radius 1 is 1.06 bits per heavy atom. The standard InChI is InChI=1S/C28H25N3O4S/c1-3-34-21-13-11-20(12-14-21)31-26(25(30-28(31)36)22-6-4-5-17-29-22)24-16-15-23(35-24)18-7-9-19(10-8-18)27(32)33-2/h4-17,25-26H,3H2,1-2H3,(H,30,36). The third kappa shape index (κ3) is 4.55. The van der Waals surface area contributed by atoms with Gasteiger partial charge >= 0.3 is 5.97 Å². The summed E-state index contributed by atoms with van der Waals surface area (Å²) in [6, 6.07) is 24.2. The van der Waals surface area contributed by atoms with Gasteiger partial charge in [-0.25, -0.2) is 4.79 Å². The van der Waals surface area contributed by atoms with Crippen molar-refractivity contribution in [3.05, 3.63) is 102 Å². The summed E-state index contributed by atoms with van der Waals surface area (Å²) in [6.07, 6.45) is 1.77. The van der Waals surface area contributed by atoms with Crippen molar-refractivity contribution in [2.75, 3.05) is 18.6 Å². The summed E-state index contributed by atoms with van der Waals surface area (Å²) >= 11 is 5.78. The van der Waals surface area contributed by atoms with Crippen LogP contribution in [0, 0.1) is 0 Å². The number of rotatable bonds is 7. The molecule has 1 N–H and O–H groups in total. The molecule has 8 heteroatoms. The number of methoxy groups -OCH3 is 1. The number of aromatic nitrogens is 1. The van der Waals surface area contributed by atoms with Crippen LogP contribution >= 0.6 is 12.2 Å². The molecule has 2 aromatic carbocycles. The van der Waals surface area contributed by atoms with Crippen molar-refractivity contribution in [3.8, 4) is 17.1 Å². The highest BCUT2D eigenvalue weighted by Crippen LogP contribution is 2.43. The molecular weight excluding hydrogens is 474 g/mol. The summed E-state index contributed by atoms with van der Waals surface area (Å²) in [6.45, 7) is 2.56. The van der Waals surface area contributed by atoms with Crippen LogP contribution in [0.25, 0.3) is 11.3 Å². The number of esters is 1. The molecule has 4 aromatic rings. The monoisotopic (exact) mass is 499 g/mol. The lowest BCUT2D eigenvalue weighted by Crippen LogP contribution is -2.29. The van der Waals surface area contributed by atoms with Crippen LogP contribution in [0.3, 0.4) is 0 Å². The highest BCUT2D eigenvalue weighted by molar-refractivity contribution is 7.80. The van der Waals surface area contributed by atoms with E-state index in [2.05, 4.69) is 10.3 Å². The molecule has 36 heavy (non-hydrogen) atoms. The highest BCUT2D eigenvalue weighted by Gasteiger charge is 2.42. The second kappa shape index (κ2) is 10.2. The normalized spacial score (nSPS) is 17.1. The Balaban J connectivity index is 1.52.